The summed E-state index contributed by atoms with van der Waals surface area (Å²) in [5.74, 6) is -0.186. The molecular formula is C17H27ClFN3O. The van der Waals surface area contributed by atoms with E-state index < -0.39 is 0 Å². The molecule has 0 saturated carbocycles. The Labute approximate surface area is 144 Å². The molecule has 1 fully saturated rings. The summed E-state index contributed by atoms with van der Waals surface area (Å²) in [5, 5.41) is 6.25. The zero-order valence-electron chi connectivity index (χ0n) is 13.7. The molecule has 1 aromatic carbocycles. The summed E-state index contributed by atoms with van der Waals surface area (Å²) in [7, 11) is 0. The number of urea groups is 1. The van der Waals surface area contributed by atoms with E-state index in [1.165, 1.54) is 17.7 Å². The van der Waals surface area contributed by atoms with Crippen LogP contribution < -0.4 is 10.6 Å². The first-order valence-corrected chi connectivity index (χ1v) is 8.20. The maximum absolute atomic E-state index is 12.8. The van der Waals surface area contributed by atoms with Crippen molar-refractivity contribution in [2.24, 2.45) is 0 Å². The highest BCUT2D eigenvalue weighted by Crippen LogP contribution is 2.14. The van der Waals surface area contributed by atoms with E-state index in [0.29, 0.717) is 6.54 Å². The molecule has 0 aliphatic carbocycles. The lowest BCUT2D eigenvalue weighted by atomic mass is 10.0. The normalized spacial score (nSPS) is 17.5. The van der Waals surface area contributed by atoms with Gasteiger partial charge in [-0.05, 0) is 43.9 Å². The molecule has 0 bridgehead atoms. The number of hydrogen-bond donors (Lipinski definition) is 2. The number of amides is 2. The summed E-state index contributed by atoms with van der Waals surface area (Å²) in [4.78, 5) is 14.0. The summed E-state index contributed by atoms with van der Waals surface area (Å²) >= 11 is 0. The van der Waals surface area contributed by atoms with Gasteiger partial charge in [0.15, 0.2) is 0 Å². The number of rotatable bonds is 6. The van der Waals surface area contributed by atoms with Crippen LogP contribution in [-0.4, -0.2) is 43.2 Å². The van der Waals surface area contributed by atoms with Crippen LogP contribution in [0.3, 0.4) is 0 Å². The van der Waals surface area contributed by atoms with Crippen LogP contribution in [0.15, 0.2) is 24.3 Å². The average molecular weight is 344 g/mol. The van der Waals surface area contributed by atoms with Gasteiger partial charge in [-0.15, -0.1) is 12.4 Å². The quantitative estimate of drug-likeness (QED) is 0.780. The Morgan fingerprint density at radius 2 is 2.09 bits per heavy atom. The number of unbranched alkanes of at least 4 members (excludes halogenated alkanes) is 1. The van der Waals surface area contributed by atoms with E-state index in [9.17, 15) is 9.18 Å². The van der Waals surface area contributed by atoms with Gasteiger partial charge in [0.1, 0.15) is 5.82 Å². The van der Waals surface area contributed by atoms with Gasteiger partial charge in [-0.1, -0.05) is 18.6 Å². The van der Waals surface area contributed by atoms with Gasteiger partial charge < -0.3 is 15.5 Å². The molecule has 2 amide bonds. The van der Waals surface area contributed by atoms with Gasteiger partial charge in [0.2, 0.25) is 0 Å². The van der Waals surface area contributed by atoms with Crippen molar-refractivity contribution in [3.63, 3.8) is 0 Å². The Hall–Kier alpha value is -1.33. The van der Waals surface area contributed by atoms with Crippen molar-refractivity contribution in [3.8, 4) is 0 Å². The summed E-state index contributed by atoms with van der Waals surface area (Å²) in [6, 6.07) is 7.03. The number of hydrogen-bond acceptors (Lipinski definition) is 2. The van der Waals surface area contributed by atoms with Crippen molar-refractivity contribution in [2.45, 2.75) is 38.6 Å². The van der Waals surface area contributed by atoms with Crippen molar-refractivity contribution in [1.82, 2.24) is 15.5 Å². The van der Waals surface area contributed by atoms with Crippen LogP contribution >= 0.6 is 12.4 Å². The van der Waals surface area contributed by atoms with Gasteiger partial charge in [-0.3, -0.25) is 0 Å². The molecule has 1 aromatic rings. The molecule has 23 heavy (non-hydrogen) atoms. The first kappa shape index (κ1) is 19.7. The molecule has 1 unspecified atom stereocenters. The molecule has 1 aliphatic rings. The summed E-state index contributed by atoms with van der Waals surface area (Å²) in [6.07, 6.45) is 4.10. The second-order valence-electron chi connectivity index (χ2n) is 5.76. The van der Waals surface area contributed by atoms with Crippen LogP contribution in [0.25, 0.3) is 0 Å². The topological polar surface area (TPSA) is 44.4 Å². The van der Waals surface area contributed by atoms with Crippen molar-refractivity contribution < 1.29 is 9.18 Å². The zero-order chi connectivity index (χ0) is 15.8. The minimum atomic E-state index is -0.186. The molecule has 130 valence electrons. The third kappa shape index (κ3) is 6.36. The molecule has 1 aliphatic heterocycles. The minimum absolute atomic E-state index is 0. The Kier molecular flexibility index (Phi) is 8.95. The van der Waals surface area contributed by atoms with Crippen LogP contribution in [0.4, 0.5) is 9.18 Å². The van der Waals surface area contributed by atoms with E-state index >= 15 is 0 Å². The van der Waals surface area contributed by atoms with E-state index in [4.69, 9.17) is 0 Å². The third-order valence-electron chi connectivity index (χ3n) is 4.11. The predicted octanol–water partition coefficient (Wildman–Crippen LogP) is 2.96. The van der Waals surface area contributed by atoms with Gasteiger partial charge in [-0.25, -0.2) is 9.18 Å². The van der Waals surface area contributed by atoms with Crippen LogP contribution in [-0.2, 0) is 6.42 Å². The molecule has 4 nitrogen and oxygen atoms in total. The lowest BCUT2D eigenvalue weighted by molar-refractivity contribution is 0.153. The van der Waals surface area contributed by atoms with Crippen molar-refractivity contribution >= 4 is 18.4 Å². The minimum Gasteiger partial charge on any atom is -0.338 e. The van der Waals surface area contributed by atoms with Crippen molar-refractivity contribution in [2.75, 3.05) is 26.2 Å². The van der Waals surface area contributed by atoms with E-state index in [0.717, 1.165) is 45.3 Å². The van der Waals surface area contributed by atoms with E-state index in [1.807, 2.05) is 24.0 Å². The number of nitrogens with one attached hydrogen (secondary N) is 2. The highest BCUT2D eigenvalue weighted by atomic mass is 35.5. The number of nitrogens with zero attached hydrogens (tertiary/aromatic N) is 1. The standard InChI is InChI=1S/C17H26FN3O.ClH/c1-2-20-17(22)21-12-11-19-13-16(21)6-4-3-5-14-7-9-15(18)10-8-14;/h7-10,16,19H,2-6,11-13H2,1H3,(H,20,22);1H. The van der Waals surface area contributed by atoms with Crippen molar-refractivity contribution in [1.29, 1.82) is 0 Å². The van der Waals surface area contributed by atoms with Gasteiger partial charge in [0.25, 0.3) is 0 Å². The molecule has 1 saturated heterocycles. The third-order valence-corrected chi connectivity index (χ3v) is 4.11. The summed E-state index contributed by atoms with van der Waals surface area (Å²) in [6.45, 7) is 5.11. The molecule has 0 spiro atoms. The Morgan fingerprint density at radius 1 is 1.35 bits per heavy atom. The molecule has 1 heterocycles. The molecule has 1 atom stereocenters. The summed E-state index contributed by atoms with van der Waals surface area (Å²) in [5.41, 5.74) is 1.17. The fourth-order valence-electron chi connectivity index (χ4n) is 2.90. The molecular weight excluding hydrogens is 317 g/mol. The predicted molar refractivity (Wildman–Crippen MR) is 93.6 cm³/mol. The number of carbonyl (C=O) groups is 1. The second kappa shape index (κ2) is 10.4. The smallest absolute Gasteiger partial charge is 0.317 e. The highest BCUT2D eigenvalue weighted by molar-refractivity contribution is 5.85. The Morgan fingerprint density at radius 3 is 2.78 bits per heavy atom. The molecule has 2 N–H and O–H groups in total. The number of halogens is 2. The van der Waals surface area contributed by atoms with E-state index in [1.54, 1.807) is 0 Å². The fraction of sp³-hybridized carbons (Fsp3) is 0.588. The van der Waals surface area contributed by atoms with Gasteiger partial charge in [-0.2, -0.15) is 0 Å². The SMILES string of the molecule is CCNC(=O)N1CCNCC1CCCCc1ccc(F)cc1.Cl. The highest BCUT2D eigenvalue weighted by Gasteiger charge is 2.25. The number of benzene rings is 1. The number of carbonyl (C=O) groups excluding carboxylic acids is 1. The first-order valence-electron chi connectivity index (χ1n) is 8.20. The van der Waals surface area contributed by atoms with E-state index in [-0.39, 0.29) is 30.3 Å². The van der Waals surface area contributed by atoms with Crippen LogP contribution in [0, 0.1) is 5.82 Å². The lowest BCUT2D eigenvalue weighted by Gasteiger charge is -2.36. The lowest BCUT2D eigenvalue weighted by Crippen LogP contribution is -2.56. The maximum Gasteiger partial charge on any atom is 0.317 e. The Bertz CT molecular complexity index is 469. The molecule has 0 aromatic heterocycles. The molecule has 6 heteroatoms. The van der Waals surface area contributed by atoms with Gasteiger partial charge in [0, 0.05) is 32.2 Å². The van der Waals surface area contributed by atoms with Crippen molar-refractivity contribution in [3.05, 3.63) is 35.6 Å². The second-order valence-corrected chi connectivity index (χ2v) is 5.76. The van der Waals surface area contributed by atoms with E-state index in [2.05, 4.69) is 10.6 Å². The first-order chi connectivity index (χ1) is 10.7. The molecule has 2 rings (SSSR count). The van der Waals surface area contributed by atoms with Crippen LogP contribution in [0.1, 0.15) is 31.7 Å². The molecule has 0 radical (unpaired) electrons. The number of piperazine rings is 1. The largest absolute Gasteiger partial charge is 0.338 e. The summed E-state index contributed by atoms with van der Waals surface area (Å²) < 4.78 is 12.8. The average Bonchev–Trinajstić information content (AvgIpc) is 2.54. The maximum atomic E-state index is 12.8. The Balaban J connectivity index is 0.00000264. The van der Waals surface area contributed by atoms with Crippen LogP contribution in [0.5, 0.6) is 0 Å². The van der Waals surface area contributed by atoms with Crippen LogP contribution in [0.2, 0.25) is 0 Å². The van der Waals surface area contributed by atoms with Gasteiger partial charge >= 0.3 is 6.03 Å². The fourth-order valence-corrected chi connectivity index (χ4v) is 2.90. The number of aryl methyl sites for hydroxylation is 1. The monoisotopic (exact) mass is 343 g/mol. The van der Waals surface area contributed by atoms with Gasteiger partial charge in [0.05, 0.1) is 0 Å². The zero-order valence-corrected chi connectivity index (χ0v) is 14.5.